The van der Waals surface area contributed by atoms with Gasteiger partial charge in [0.25, 0.3) is 5.69 Å². The number of carbonyl (C=O) groups is 1. The molecule has 1 saturated heterocycles. The van der Waals surface area contributed by atoms with E-state index in [-0.39, 0.29) is 5.37 Å². The number of carbonyl (C=O) groups excluding carboxylic acids is 1. The van der Waals surface area contributed by atoms with Gasteiger partial charge in [-0.25, -0.2) is 0 Å². The van der Waals surface area contributed by atoms with Crippen LogP contribution in [0.4, 0.5) is 5.69 Å². The zero-order chi connectivity index (χ0) is 13.3. The maximum atomic E-state index is 11.2. The summed E-state index contributed by atoms with van der Waals surface area (Å²) >= 11 is 1.36. The van der Waals surface area contributed by atoms with Gasteiger partial charge in [0.2, 0.25) is 0 Å². The molecule has 8 heteroatoms. The van der Waals surface area contributed by atoms with Gasteiger partial charge in [-0.1, -0.05) is 23.9 Å². The van der Waals surface area contributed by atoms with Gasteiger partial charge in [-0.15, -0.1) is 0 Å². The minimum Gasteiger partial charge on any atom is -0.868 e. The van der Waals surface area contributed by atoms with E-state index < -0.39 is 28.4 Å². The van der Waals surface area contributed by atoms with Crippen LogP contribution in [0, 0.1) is 10.1 Å². The molecule has 7 nitrogen and oxygen atoms in total. The smallest absolute Gasteiger partial charge is 0.262 e. The fourth-order valence-corrected chi connectivity index (χ4v) is 3.04. The lowest BCUT2D eigenvalue weighted by Gasteiger charge is -2.12. The number of nitrogens with two attached hydrogens (primary N) is 1. The lowest BCUT2D eigenvalue weighted by molar-refractivity contribution is -0.690. The van der Waals surface area contributed by atoms with Crippen LogP contribution in [-0.4, -0.2) is 22.7 Å². The Hall–Kier alpha value is -1.80. The maximum absolute atomic E-state index is 11.2. The van der Waals surface area contributed by atoms with Gasteiger partial charge in [0.1, 0.15) is 12.0 Å². The van der Waals surface area contributed by atoms with Gasteiger partial charge in [0.15, 0.2) is 5.37 Å². The maximum Gasteiger partial charge on any atom is 0.262 e. The molecule has 0 radical (unpaired) electrons. The van der Waals surface area contributed by atoms with E-state index in [1.165, 1.54) is 23.9 Å². The van der Waals surface area contributed by atoms with Gasteiger partial charge in [0.05, 0.1) is 10.7 Å². The fourth-order valence-electron chi connectivity index (χ4n) is 1.74. The van der Waals surface area contributed by atoms with E-state index in [1.54, 1.807) is 5.32 Å². The van der Waals surface area contributed by atoms with Crippen LogP contribution in [0.1, 0.15) is 10.9 Å². The van der Waals surface area contributed by atoms with Crippen LogP contribution in [0.15, 0.2) is 18.2 Å². The predicted molar refractivity (Wildman–Crippen MR) is 58.5 cm³/mol. The molecule has 18 heavy (non-hydrogen) atoms. The molecule has 1 fully saturated rings. The van der Waals surface area contributed by atoms with E-state index in [2.05, 4.69) is 0 Å². The van der Waals surface area contributed by atoms with E-state index in [0.717, 1.165) is 6.07 Å². The number of nitro groups is 1. The van der Waals surface area contributed by atoms with Crippen LogP contribution in [-0.2, 0) is 4.79 Å². The molecule has 0 aliphatic carbocycles. The number of quaternary nitrogens is 1. The number of benzene rings is 1. The highest BCUT2D eigenvalue weighted by molar-refractivity contribution is 7.99. The second-order valence-corrected chi connectivity index (χ2v) is 5.03. The van der Waals surface area contributed by atoms with E-state index in [0.29, 0.717) is 11.3 Å². The first-order valence-electron chi connectivity index (χ1n) is 5.12. The quantitative estimate of drug-likeness (QED) is 0.505. The van der Waals surface area contributed by atoms with Crippen LogP contribution < -0.4 is 15.5 Å². The third kappa shape index (κ3) is 2.39. The first-order chi connectivity index (χ1) is 8.49. The highest BCUT2D eigenvalue weighted by Gasteiger charge is 2.31. The van der Waals surface area contributed by atoms with Crippen molar-refractivity contribution in [3.05, 3.63) is 33.9 Å². The first kappa shape index (κ1) is 12.7. The van der Waals surface area contributed by atoms with Crippen LogP contribution in [0.5, 0.6) is 5.75 Å². The Labute approximate surface area is 106 Å². The minimum atomic E-state index is -1.15. The Kier molecular flexibility index (Phi) is 3.39. The van der Waals surface area contributed by atoms with Crippen molar-refractivity contribution in [1.29, 1.82) is 0 Å². The number of rotatable bonds is 3. The van der Waals surface area contributed by atoms with Gasteiger partial charge in [-0.2, -0.15) is 0 Å². The normalized spacial score (nSPS) is 22.9. The molecule has 0 bridgehead atoms. The van der Waals surface area contributed by atoms with E-state index in [4.69, 9.17) is 0 Å². The SMILES string of the molecule is O=C([O-])[C@@H]1CS[C@@H](c2ccc([O-])c([N+](=O)[O-])c2)[NH2+]1. The van der Waals surface area contributed by atoms with Crippen molar-refractivity contribution in [1.82, 2.24) is 0 Å². The standard InChI is InChI=1S/C10H10N2O5S/c13-8-2-1-5(3-7(8)12(16)17)9-11-6(4-18-9)10(14)15/h1-3,6,9,11,13H,4H2,(H,14,15)/p-1/t6-,9-/m0/s1. The molecule has 0 spiro atoms. The van der Waals surface area contributed by atoms with Gasteiger partial charge >= 0.3 is 0 Å². The number of aliphatic carboxylic acids is 1. The lowest BCUT2D eigenvalue weighted by Crippen LogP contribution is -2.90. The summed E-state index contributed by atoms with van der Waals surface area (Å²) < 4.78 is 0. The Bertz CT molecular complexity index is 507. The molecule has 1 aromatic carbocycles. The molecule has 96 valence electrons. The predicted octanol–water partition coefficient (Wildman–Crippen LogP) is -1.90. The average Bonchev–Trinajstić information content (AvgIpc) is 2.78. The zero-order valence-corrected chi connectivity index (χ0v) is 9.88. The Morgan fingerprint density at radius 1 is 1.50 bits per heavy atom. The van der Waals surface area contributed by atoms with Crippen molar-refractivity contribution >= 4 is 23.4 Å². The molecular weight excluding hydrogens is 260 g/mol. The van der Waals surface area contributed by atoms with Gasteiger partial charge in [0, 0.05) is 11.6 Å². The number of carboxylic acids is 1. The molecule has 0 aromatic heterocycles. The molecule has 0 unspecified atom stereocenters. The van der Waals surface area contributed by atoms with Crippen LogP contribution in [0.2, 0.25) is 0 Å². The Balaban J connectivity index is 2.22. The van der Waals surface area contributed by atoms with Crippen molar-refractivity contribution < 1.29 is 25.2 Å². The third-order valence-corrected chi connectivity index (χ3v) is 4.01. The first-order valence-corrected chi connectivity index (χ1v) is 6.16. The largest absolute Gasteiger partial charge is 0.868 e. The summed E-state index contributed by atoms with van der Waals surface area (Å²) in [5.74, 6) is -1.43. The van der Waals surface area contributed by atoms with Gasteiger partial charge < -0.3 is 20.3 Å². The summed E-state index contributed by atoms with van der Waals surface area (Å²) in [7, 11) is 0. The zero-order valence-electron chi connectivity index (χ0n) is 9.07. The fraction of sp³-hybridized carbons (Fsp3) is 0.300. The van der Waals surface area contributed by atoms with Crippen molar-refractivity contribution in [2.24, 2.45) is 0 Å². The molecule has 1 aromatic rings. The third-order valence-electron chi connectivity index (χ3n) is 2.67. The molecule has 0 amide bonds. The molecule has 1 heterocycles. The number of hydrogen-bond acceptors (Lipinski definition) is 6. The van der Waals surface area contributed by atoms with E-state index in [9.17, 15) is 25.1 Å². The molecule has 2 rings (SSSR count). The summed E-state index contributed by atoms with van der Waals surface area (Å²) in [6, 6.07) is 3.16. The summed E-state index contributed by atoms with van der Waals surface area (Å²) in [6.45, 7) is 0. The lowest BCUT2D eigenvalue weighted by atomic mass is 10.1. The van der Waals surface area contributed by atoms with E-state index >= 15 is 0 Å². The number of nitro benzene ring substituents is 1. The average molecular weight is 269 g/mol. The molecule has 0 saturated carbocycles. The summed E-state index contributed by atoms with van der Waals surface area (Å²) in [5, 5.41) is 33.9. The summed E-state index contributed by atoms with van der Waals surface area (Å²) in [5.41, 5.74) is 0.0773. The molecule has 2 N–H and O–H groups in total. The second kappa shape index (κ2) is 4.83. The minimum absolute atomic E-state index is 0.257. The highest BCUT2D eigenvalue weighted by Crippen LogP contribution is 2.32. The summed E-state index contributed by atoms with van der Waals surface area (Å²) in [4.78, 5) is 20.6. The monoisotopic (exact) mass is 269 g/mol. The Morgan fingerprint density at radius 3 is 2.78 bits per heavy atom. The van der Waals surface area contributed by atoms with Gasteiger partial charge in [-0.3, -0.25) is 10.1 Å². The molecular formula is C10H9N2O5S-. The van der Waals surface area contributed by atoms with Crippen molar-refractivity contribution in [3.8, 4) is 5.75 Å². The number of carboxylic acid groups (broad SMARTS) is 1. The second-order valence-electron chi connectivity index (χ2n) is 3.86. The van der Waals surface area contributed by atoms with Crippen molar-refractivity contribution in [2.75, 3.05) is 5.75 Å². The number of thioether (sulfide) groups is 1. The molecule has 1 aliphatic rings. The van der Waals surface area contributed by atoms with Crippen molar-refractivity contribution in [2.45, 2.75) is 11.4 Å². The highest BCUT2D eigenvalue weighted by atomic mass is 32.2. The topological polar surface area (TPSA) is 123 Å². The number of hydrogen-bond donors (Lipinski definition) is 1. The molecule has 2 atom stereocenters. The summed E-state index contributed by atoms with van der Waals surface area (Å²) in [6.07, 6.45) is 0. The van der Waals surface area contributed by atoms with E-state index in [1.807, 2.05) is 0 Å². The van der Waals surface area contributed by atoms with Gasteiger partial charge in [-0.05, 0) is 5.75 Å². The molecule has 1 aliphatic heterocycles. The van der Waals surface area contributed by atoms with Crippen molar-refractivity contribution in [3.63, 3.8) is 0 Å². The number of nitrogens with zero attached hydrogens (tertiary/aromatic N) is 1. The van der Waals surface area contributed by atoms with Crippen LogP contribution in [0.3, 0.4) is 0 Å². The van der Waals surface area contributed by atoms with Crippen LogP contribution >= 0.6 is 11.8 Å². The van der Waals surface area contributed by atoms with Crippen LogP contribution in [0.25, 0.3) is 0 Å². The Morgan fingerprint density at radius 2 is 2.22 bits per heavy atom.